The summed E-state index contributed by atoms with van der Waals surface area (Å²) in [5.41, 5.74) is 3.01. The van der Waals surface area contributed by atoms with Gasteiger partial charge < -0.3 is 10.1 Å². The number of fused-ring (bicyclic) bond motifs is 1. The topological polar surface area (TPSA) is 24.5 Å². The summed E-state index contributed by atoms with van der Waals surface area (Å²) < 4.78 is 5.50. The molecule has 1 saturated heterocycles. The molecule has 0 aromatic heterocycles. The second kappa shape index (κ2) is 6.25. The summed E-state index contributed by atoms with van der Waals surface area (Å²) in [4.78, 5) is 2.61. The lowest BCUT2D eigenvalue weighted by Gasteiger charge is -2.43. The van der Waals surface area contributed by atoms with E-state index in [0.717, 1.165) is 13.2 Å². The van der Waals surface area contributed by atoms with Crippen LogP contribution in [0.15, 0.2) is 24.3 Å². The van der Waals surface area contributed by atoms with Crippen molar-refractivity contribution in [2.45, 2.75) is 43.8 Å². The van der Waals surface area contributed by atoms with Crippen LogP contribution in [0, 0.1) is 0 Å². The predicted molar refractivity (Wildman–Crippen MR) is 82.0 cm³/mol. The molecular weight excluding hydrogens is 248 g/mol. The second-order valence-electron chi connectivity index (χ2n) is 6.08. The predicted octanol–water partition coefficient (Wildman–Crippen LogP) is 2.37. The minimum Gasteiger partial charge on any atom is -0.381 e. The normalized spacial score (nSPS) is 27.6. The fourth-order valence-corrected chi connectivity index (χ4v) is 3.89. The number of benzene rings is 1. The average Bonchev–Trinajstić information content (AvgIpc) is 2.54. The Morgan fingerprint density at radius 1 is 1.15 bits per heavy atom. The molecule has 3 rings (SSSR count). The summed E-state index contributed by atoms with van der Waals surface area (Å²) in [5.74, 6) is 0. The molecule has 1 N–H and O–H groups in total. The Morgan fingerprint density at radius 2 is 1.90 bits per heavy atom. The van der Waals surface area contributed by atoms with Gasteiger partial charge in [0.25, 0.3) is 0 Å². The van der Waals surface area contributed by atoms with E-state index in [1.165, 1.54) is 36.8 Å². The molecule has 3 heteroatoms. The standard InChI is InChI=1S/C17H26N2O/c1-18-17-15-6-4-3-5-13(15)7-8-16(17)19(2)14-9-11-20-12-10-14/h3-6,14,16-18H,7-12H2,1-2H3. The molecule has 2 aliphatic rings. The zero-order chi connectivity index (χ0) is 13.9. The molecule has 1 aliphatic carbocycles. The maximum absolute atomic E-state index is 5.50. The molecule has 0 bridgehead atoms. The number of likely N-dealkylation sites (N-methyl/N-ethyl adjacent to an activating group) is 2. The van der Waals surface area contributed by atoms with E-state index in [2.05, 4.69) is 48.6 Å². The SMILES string of the molecule is CNC1c2ccccc2CCC1N(C)C1CCOCC1. The van der Waals surface area contributed by atoms with Crippen LogP contribution in [0.5, 0.6) is 0 Å². The van der Waals surface area contributed by atoms with Gasteiger partial charge in [0.1, 0.15) is 0 Å². The number of hydrogen-bond acceptors (Lipinski definition) is 3. The van der Waals surface area contributed by atoms with Crippen molar-refractivity contribution >= 4 is 0 Å². The van der Waals surface area contributed by atoms with Crippen molar-refractivity contribution < 1.29 is 4.74 Å². The van der Waals surface area contributed by atoms with E-state index in [1.807, 2.05) is 0 Å². The van der Waals surface area contributed by atoms with E-state index >= 15 is 0 Å². The second-order valence-corrected chi connectivity index (χ2v) is 6.08. The molecule has 0 radical (unpaired) electrons. The van der Waals surface area contributed by atoms with Gasteiger partial charge in [-0.3, -0.25) is 4.90 Å². The highest BCUT2D eigenvalue weighted by molar-refractivity contribution is 5.34. The van der Waals surface area contributed by atoms with Gasteiger partial charge >= 0.3 is 0 Å². The van der Waals surface area contributed by atoms with Crippen molar-refractivity contribution in [1.29, 1.82) is 0 Å². The van der Waals surface area contributed by atoms with E-state index in [0.29, 0.717) is 18.1 Å². The number of aryl methyl sites for hydroxylation is 1. The van der Waals surface area contributed by atoms with Crippen LogP contribution in [0.2, 0.25) is 0 Å². The maximum Gasteiger partial charge on any atom is 0.0480 e. The Bertz CT molecular complexity index is 442. The van der Waals surface area contributed by atoms with Gasteiger partial charge in [0, 0.05) is 31.3 Å². The van der Waals surface area contributed by atoms with E-state index in [-0.39, 0.29) is 0 Å². The highest BCUT2D eigenvalue weighted by Gasteiger charge is 2.34. The van der Waals surface area contributed by atoms with Gasteiger partial charge in [-0.25, -0.2) is 0 Å². The first-order valence-corrected chi connectivity index (χ1v) is 7.86. The third kappa shape index (κ3) is 2.62. The minimum absolute atomic E-state index is 0.452. The number of hydrogen-bond donors (Lipinski definition) is 1. The maximum atomic E-state index is 5.50. The van der Waals surface area contributed by atoms with Gasteiger partial charge in [-0.1, -0.05) is 24.3 Å². The first-order valence-electron chi connectivity index (χ1n) is 7.86. The Morgan fingerprint density at radius 3 is 2.65 bits per heavy atom. The van der Waals surface area contributed by atoms with Gasteiger partial charge in [-0.15, -0.1) is 0 Å². The summed E-state index contributed by atoms with van der Waals surface area (Å²) in [6.07, 6.45) is 4.79. The number of ether oxygens (including phenoxy) is 1. The van der Waals surface area contributed by atoms with E-state index < -0.39 is 0 Å². The van der Waals surface area contributed by atoms with Crippen LogP contribution in [-0.2, 0) is 11.2 Å². The van der Waals surface area contributed by atoms with E-state index in [9.17, 15) is 0 Å². The zero-order valence-corrected chi connectivity index (χ0v) is 12.6. The first kappa shape index (κ1) is 14.1. The third-order valence-corrected chi connectivity index (χ3v) is 5.09. The lowest BCUT2D eigenvalue weighted by atomic mass is 9.82. The van der Waals surface area contributed by atoms with Crippen molar-refractivity contribution in [2.24, 2.45) is 0 Å². The fraction of sp³-hybridized carbons (Fsp3) is 0.647. The van der Waals surface area contributed by atoms with Crippen LogP contribution < -0.4 is 5.32 Å². The van der Waals surface area contributed by atoms with Gasteiger partial charge in [0.05, 0.1) is 0 Å². The van der Waals surface area contributed by atoms with Crippen molar-refractivity contribution in [3.05, 3.63) is 35.4 Å². The Balaban J connectivity index is 1.79. The van der Waals surface area contributed by atoms with E-state index in [1.54, 1.807) is 0 Å². The molecule has 1 heterocycles. The zero-order valence-electron chi connectivity index (χ0n) is 12.6. The molecule has 1 fully saturated rings. The number of rotatable bonds is 3. The largest absolute Gasteiger partial charge is 0.381 e. The molecule has 0 spiro atoms. The van der Waals surface area contributed by atoms with Crippen LogP contribution in [0.3, 0.4) is 0 Å². The molecule has 1 aromatic carbocycles. The Labute approximate surface area is 122 Å². The smallest absolute Gasteiger partial charge is 0.0480 e. The van der Waals surface area contributed by atoms with Gasteiger partial charge in [0.15, 0.2) is 0 Å². The van der Waals surface area contributed by atoms with Crippen LogP contribution >= 0.6 is 0 Å². The minimum atomic E-state index is 0.452. The molecule has 20 heavy (non-hydrogen) atoms. The van der Waals surface area contributed by atoms with E-state index in [4.69, 9.17) is 4.74 Å². The highest BCUT2D eigenvalue weighted by Crippen LogP contribution is 2.34. The van der Waals surface area contributed by atoms with Crippen molar-refractivity contribution in [2.75, 3.05) is 27.3 Å². The molecule has 0 saturated carbocycles. The lowest BCUT2D eigenvalue weighted by molar-refractivity contribution is 0.0187. The molecule has 2 unspecified atom stereocenters. The van der Waals surface area contributed by atoms with Crippen LogP contribution in [0.1, 0.15) is 36.4 Å². The van der Waals surface area contributed by atoms with Crippen molar-refractivity contribution in [1.82, 2.24) is 10.2 Å². The van der Waals surface area contributed by atoms with Crippen LogP contribution in [-0.4, -0.2) is 44.3 Å². The van der Waals surface area contributed by atoms with Gasteiger partial charge in [-0.2, -0.15) is 0 Å². The molecule has 2 atom stereocenters. The quantitative estimate of drug-likeness (QED) is 0.916. The fourth-order valence-electron chi connectivity index (χ4n) is 3.89. The average molecular weight is 274 g/mol. The summed E-state index contributed by atoms with van der Waals surface area (Å²) >= 11 is 0. The first-order chi connectivity index (χ1) is 9.81. The van der Waals surface area contributed by atoms with Crippen molar-refractivity contribution in [3.8, 4) is 0 Å². The van der Waals surface area contributed by atoms with Crippen LogP contribution in [0.25, 0.3) is 0 Å². The number of nitrogens with zero attached hydrogens (tertiary/aromatic N) is 1. The molecule has 1 aliphatic heterocycles. The Hall–Kier alpha value is -0.900. The van der Waals surface area contributed by atoms with Crippen LogP contribution in [0.4, 0.5) is 0 Å². The molecule has 0 amide bonds. The third-order valence-electron chi connectivity index (χ3n) is 5.09. The molecule has 110 valence electrons. The summed E-state index contributed by atoms with van der Waals surface area (Å²) in [6.45, 7) is 1.84. The lowest BCUT2D eigenvalue weighted by Crippen LogP contribution is -2.50. The summed E-state index contributed by atoms with van der Waals surface area (Å²) in [6, 6.07) is 10.6. The molecule has 3 nitrogen and oxygen atoms in total. The van der Waals surface area contributed by atoms with Crippen molar-refractivity contribution in [3.63, 3.8) is 0 Å². The number of nitrogens with one attached hydrogen (secondary N) is 1. The Kier molecular flexibility index (Phi) is 4.39. The molecule has 1 aromatic rings. The van der Waals surface area contributed by atoms with Gasteiger partial charge in [-0.05, 0) is 50.9 Å². The van der Waals surface area contributed by atoms with Gasteiger partial charge in [0.2, 0.25) is 0 Å². The molecular formula is C17H26N2O. The highest BCUT2D eigenvalue weighted by atomic mass is 16.5. The monoisotopic (exact) mass is 274 g/mol. The summed E-state index contributed by atoms with van der Waals surface area (Å²) in [7, 11) is 4.40. The summed E-state index contributed by atoms with van der Waals surface area (Å²) in [5, 5.41) is 3.56.